The number of amides is 1. The summed E-state index contributed by atoms with van der Waals surface area (Å²) in [6.45, 7) is 0.238. The van der Waals surface area contributed by atoms with Crippen molar-refractivity contribution in [3.8, 4) is 6.07 Å². The normalized spacial score (nSPS) is 18.5. The summed E-state index contributed by atoms with van der Waals surface area (Å²) in [6, 6.07) is 13.2. The number of nitrogens with one attached hydrogen (secondary N) is 2. The maximum absolute atomic E-state index is 12.8. The van der Waals surface area contributed by atoms with Crippen molar-refractivity contribution < 1.29 is 14.8 Å². The van der Waals surface area contributed by atoms with Gasteiger partial charge in [-0.1, -0.05) is 12.1 Å². The molecule has 2 aromatic rings. The Morgan fingerprint density at radius 2 is 1.86 bits per heavy atom. The van der Waals surface area contributed by atoms with E-state index in [2.05, 4.69) is 10.6 Å². The second kappa shape index (κ2) is 9.17. The van der Waals surface area contributed by atoms with E-state index in [-0.39, 0.29) is 29.9 Å². The largest absolute Gasteiger partial charge is 0.393 e. The number of rotatable bonds is 6. The highest BCUT2D eigenvalue weighted by Crippen LogP contribution is 2.27. The van der Waals surface area contributed by atoms with E-state index >= 15 is 0 Å². The number of non-ortho nitro benzene ring substituents is 1. The molecule has 0 spiro atoms. The zero-order chi connectivity index (χ0) is 20.8. The first-order valence-corrected chi connectivity index (χ1v) is 9.46. The Morgan fingerprint density at radius 1 is 1.17 bits per heavy atom. The van der Waals surface area contributed by atoms with E-state index in [1.165, 1.54) is 12.1 Å². The topological polar surface area (TPSA) is 128 Å². The highest BCUT2D eigenvalue weighted by atomic mass is 16.6. The van der Waals surface area contributed by atoms with E-state index in [0.29, 0.717) is 24.1 Å². The molecule has 29 heavy (non-hydrogen) atoms. The summed E-state index contributed by atoms with van der Waals surface area (Å²) in [7, 11) is 0. The summed E-state index contributed by atoms with van der Waals surface area (Å²) in [4.78, 5) is 23.4. The van der Waals surface area contributed by atoms with Crippen molar-refractivity contribution in [2.45, 2.75) is 44.4 Å². The van der Waals surface area contributed by atoms with Gasteiger partial charge in [0.15, 0.2) is 0 Å². The van der Waals surface area contributed by atoms with Crippen molar-refractivity contribution in [1.82, 2.24) is 5.32 Å². The molecule has 0 bridgehead atoms. The number of anilines is 1. The first-order chi connectivity index (χ1) is 14.0. The molecule has 150 valence electrons. The Morgan fingerprint density at radius 3 is 2.48 bits per heavy atom. The molecule has 0 atom stereocenters. The van der Waals surface area contributed by atoms with Gasteiger partial charge in [0.05, 0.1) is 28.2 Å². The fraction of sp³-hybridized carbons (Fsp3) is 0.333. The monoisotopic (exact) mass is 394 g/mol. The molecule has 0 saturated heterocycles. The Balaban J connectivity index is 1.75. The molecule has 0 aliphatic heterocycles. The third kappa shape index (κ3) is 5.30. The highest BCUT2D eigenvalue weighted by Gasteiger charge is 2.22. The summed E-state index contributed by atoms with van der Waals surface area (Å²) in [6.07, 6.45) is 2.62. The average Bonchev–Trinajstić information content (AvgIpc) is 2.74. The van der Waals surface area contributed by atoms with Gasteiger partial charge in [-0.2, -0.15) is 5.26 Å². The molecule has 0 aromatic heterocycles. The SMILES string of the molecule is N#Cc1ccc(CNC(=O)c2cc([N+](=O)[O-])ccc2NC2CCC(O)CC2)cc1. The number of nitro groups is 1. The zero-order valence-corrected chi connectivity index (χ0v) is 15.8. The van der Waals surface area contributed by atoms with Crippen LogP contribution in [-0.4, -0.2) is 28.1 Å². The van der Waals surface area contributed by atoms with E-state index < -0.39 is 10.8 Å². The van der Waals surface area contributed by atoms with Gasteiger partial charge in [0, 0.05) is 30.4 Å². The Kier molecular flexibility index (Phi) is 6.42. The third-order valence-electron chi connectivity index (χ3n) is 5.05. The molecule has 1 amide bonds. The molecule has 1 aliphatic carbocycles. The van der Waals surface area contributed by atoms with Gasteiger partial charge in [0.1, 0.15) is 0 Å². The van der Waals surface area contributed by atoms with Crippen LogP contribution in [0.25, 0.3) is 0 Å². The van der Waals surface area contributed by atoms with Crippen molar-refractivity contribution in [3.63, 3.8) is 0 Å². The van der Waals surface area contributed by atoms with E-state index in [1.807, 2.05) is 6.07 Å². The Bertz CT molecular complexity index is 929. The van der Waals surface area contributed by atoms with Crippen LogP contribution in [0, 0.1) is 21.4 Å². The molecule has 8 nitrogen and oxygen atoms in total. The van der Waals surface area contributed by atoms with Crippen molar-refractivity contribution in [2.24, 2.45) is 0 Å². The smallest absolute Gasteiger partial charge is 0.270 e. The van der Waals surface area contributed by atoms with Gasteiger partial charge in [-0.3, -0.25) is 14.9 Å². The van der Waals surface area contributed by atoms with Crippen LogP contribution in [0.4, 0.5) is 11.4 Å². The van der Waals surface area contributed by atoms with Crippen LogP contribution in [-0.2, 0) is 6.54 Å². The van der Waals surface area contributed by atoms with Crippen LogP contribution < -0.4 is 10.6 Å². The molecule has 0 radical (unpaired) electrons. The molecular formula is C21H22N4O4. The molecular weight excluding hydrogens is 372 g/mol. The van der Waals surface area contributed by atoms with E-state index in [0.717, 1.165) is 18.4 Å². The minimum absolute atomic E-state index is 0.102. The lowest BCUT2D eigenvalue weighted by molar-refractivity contribution is -0.384. The molecule has 3 rings (SSSR count). The van der Waals surface area contributed by atoms with Crippen molar-refractivity contribution in [1.29, 1.82) is 5.26 Å². The van der Waals surface area contributed by atoms with Crippen LogP contribution in [0.1, 0.15) is 47.2 Å². The number of carbonyl (C=O) groups excluding carboxylic acids is 1. The molecule has 1 saturated carbocycles. The van der Waals surface area contributed by atoms with Gasteiger partial charge < -0.3 is 15.7 Å². The van der Waals surface area contributed by atoms with Crippen LogP contribution in [0.15, 0.2) is 42.5 Å². The zero-order valence-electron chi connectivity index (χ0n) is 15.8. The second-order valence-electron chi connectivity index (χ2n) is 7.13. The molecule has 8 heteroatoms. The number of aliphatic hydroxyl groups excluding tert-OH is 1. The van der Waals surface area contributed by atoms with E-state index in [4.69, 9.17) is 5.26 Å². The average molecular weight is 394 g/mol. The standard InChI is InChI=1S/C21H22N4O4/c22-12-14-1-3-15(4-2-14)13-23-21(27)19-11-17(25(28)29)7-10-20(19)24-16-5-8-18(26)9-6-16/h1-4,7,10-11,16,18,24,26H,5-6,8-9,13H2,(H,23,27). The van der Waals surface area contributed by atoms with E-state index in [1.54, 1.807) is 30.3 Å². The predicted octanol–water partition coefficient (Wildman–Crippen LogP) is 3.11. The third-order valence-corrected chi connectivity index (χ3v) is 5.05. The number of nitriles is 1. The Labute approximate surface area is 168 Å². The van der Waals surface area contributed by atoms with Gasteiger partial charge >= 0.3 is 0 Å². The Hall–Kier alpha value is -3.44. The van der Waals surface area contributed by atoms with Crippen LogP contribution in [0.3, 0.4) is 0 Å². The summed E-state index contributed by atoms with van der Waals surface area (Å²) in [5.74, 6) is -0.420. The number of nitro benzene ring substituents is 1. The number of hydrogen-bond acceptors (Lipinski definition) is 6. The van der Waals surface area contributed by atoms with Crippen LogP contribution in [0.5, 0.6) is 0 Å². The number of hydrogen-bond donors (Lipinski definition) is 3. The number of benzene rings is 2. The first-order valence-electron chi connectivity index (χ1n) is 9.46. The van der Waals surface area contributed by atoms with Gasteiger partial charge in [-0.25, -0.2) is 0 Å². The summed E-state index contributed by atoms with van der Waals surface area (Å²) >= 11 is 0. The fourth-order valence-electron chi connectivity index (χ4n) is 3.37. The molecule has 0 heterocycles. The molecule has 2 aromatic carbocycles. The lowest BCUT2D eigenvalue weighted by Crippen LogP contribution is -2.30. The lowest BCUT2D eigenvalue weighted by Gasteiger charge is -2.27. The molecule has 1 aliphatic rings. The highest BCUT2D eigenvalue weighted by molar-refractivity contribution is 6.00. The molecule has 0 unspecified atom stereocenters. The molecule has 3 N–H and O–H groups in total. The summed E-state index contributed by atoms with van der Waals surface area (Å²) in [5, 5.41) is 35.7. The summed E-state index contributed by atoms with van der Waals surface area (Å²) < 4.78 is 0. The number of carbonyl (C=O) groups is 1. The van der Waals surface area contributed by atoms with Gasteiger partial charge in [-0.05, 0) is 49.4 Å². The van der Waals surface area contributed by atoms with Crippen molar-refractivity contribution >= 4 is 17.3 Å². The quantitative estimate of drug-likeness (QED) is 0.510. The van der Waals surface area contributed by atoms with Gasteiger partial charge in [0.2, 0.25) is 0 Å². The van der Waals surface area contributed by atoms with Crippen molar-refractivity contribution in [3.05, 3.63) is 69.3 Å². The fourth-order valence-corrected chi connectivity index (χ4v) is 3.37. The minimum Gasteiger partial charge on any atom is -0.393 e. The minimum atomic E-state index is -0.530. The molecule has 1 fully saturated rings. The van der Waals surface area contributed by atoms with Crippen LogP contribution in [0.2, 0.25) is 0 Å². The lowest BCUT2D eigenvalue weighted by atomic mass is 9.92. The second-order valence-corrected chi connectivity index (χ2v) is 7.13. The first kappa shape index (κ1) is 20.3. The van der Waals surface area contributed by atoms with Crippen LogP contribution >= 0.6 is 0 Å². The maximum Gasteiger partial charge on any atom is 0.270 e. The predicted molar refractivity (Wildman–Crippen MR) is 107 cm³/mol. The summed E-state index contributed by atoms with van der Waals surface area (Å²) in [5.41, 5.74) is 1.94. The van der Waals surface area contributed by atoms with Gasteiger partial charge in [0.25, 0.3) is 11.6 Å². The number of nitrogens with zero attached hydrogens (tertiary/aromatic N) is 2. The maximum atomic E-state index is 12.8. The van der Waals surface area contributed by atoms with Gasteiger partial charge in [-0.15, -0.1) is 0 Å². The van der Waals surface area contributed by atoms with Crippen molar-refractivity contribution in [2.75, 3.05) is 5.32 Å². The van der Waals surface area contributed by atoms with E-state index in [9.17, 15) is 20.0 Å². The number of aliphatic hydroxyl groups is 1.